The van der Waals surface area contributed by atoms with Crippen molar-refractivity contribution in [1.82, 2.24) is 4.90 Å². The van der Waals surface area contributed by atoms with Gasteiger partial charge >= 0.3 is 0 Å². The van der Waals surface area contributed by atoms with Gasteiger partial charge in [-0.3, -0.25) is 4.90 Å². The maximum atomic E-state index is 5.99. The molecule has 2 aliphatic rings. The van der Waals surface area contributed by atoms with Crippen LogP contribution in [0.5, 0.6) is 0 Å². The van der Waals surface area contributed by atoms with Crippen LogP contribution in [0.1, 0.15) is 30.4 Å². The van der Waals surface area contributed by atoms with Gasteiger partial charge in [-0.15, -0.1) is 0 Å². The van der Waals surface area contributed by atoms with Crippen LogP contribution in [0.25, 0.3) is 0 Å². The van der Waals surface area contributed by atoms with Crippen molar-refractivity contribution >= 4 is 15.9 Å². The van der Waals surface area contributed by atoms with Crippen LogP contribution < -0.4 is 5.73 Å². The van der Waals surface area contributed by atoms with Crippen LogP contribution in [-0.4, -0.2) is 30.1 Å². The molecule has 0 spiro atoms. The van der Waals surface area contributed by atoms with Crippen molar-refractivity contribution in [3.8, 4) is 0 Å². The molecule has 3 rings (SSSR count). The van der Waals surface area contributed by atoms with E-state index in [-0.39, 0.29) is 0 Å². The number of rotatable bonds is 1. The Morgan fingerprint density at radius 1 is 1.11 bits per heavy atom. The van der Waals surface area contributed by atoms with Gasteiger partial charge in [0.15, 0.2) is 0 Å². The van der Waals surface area contributed by atoms with Gasteiger partial charge in [-0.25, -0.2) is 0 Å². The third kappa shape index (κ3) is 2.63. The Labute approximate surface area is 118 Å². The maximum Gasteiger partial charge on any atom is 0.0178 e. The van der Waals surface area contributed by atoms with Crippen molar-refractivity contribution in [1.29, 1.82) is 0 Å². The van der Waals surface area contributed by atoms with Gasteiger partial charge < -0.3 is 5.73 Å². The quantitative estimate of drug-likeness (QED) is 0.864. The number of likely N-dealkylation sites (tertiary alicyclic amines) is 1. The molecule has 1 atom stereocenters. The van der Waals surface area contributed by atoms with Gasteiger partial charge in [0, 0.05) is 16.6 Å². The normalized spacial score (nSPS) is 26.0. The lowest BCUT2D eigenvalue weighted by Crippen LogP contribution is -2.47. The highest BCUT2D eigenvalue weighted by Crippen LogP contribution is 2.28. The summed E-state index contributed by atoms with van der Waals surface area (Å²) in [5.41, 5.74) is 9.07. The summed E-state index contributed by atoms with van der Waals surface area (Å²) in [6, 6.07) is 7.94. The van der Waals surface area contributed by atoms with E-state index >= 15 is 0 Å². The first-order valence-electron chi connectivity index (χ1n) is 6.99. The molecule has 18 heavy (non-hydrogen) atoms. The molecule has 1 aliphatic heterocycles. The molecule has 0 aromatic heterocycles. The first-order valence-corrected chi connectivity index (χ1v) is 7.78. The van der Waals surface area contributed by atoms with Crippen molar-refractivity contribution < 1.29 is 0 Å². The van der Waals surface area contributed by atoms with E-state index in [1.54, 1.807) is 5.56 Å². The number of halogens is 1. The highest BCUT2D eigenvalue weighted by Gasteiger charge is 2.26. The summed E-state index contributed by atoms with van der Waals surface area (Å²) in [7, 11) is 0. The Kier molecular flexibility index (Phi) is 3.73. The lowest BCUT2D eigenvalue weighted by Gasteiger charge is -2.39. The van der Waals surface area contributed by atoms with Gasteiger partial charge in [0.25, 0.3) is 0 Å². The fourth-order valence-electron chi connectivity index (χ4n) is 3.30. The molecule has 2 N–H and O–H groups in total. The van der Waals surface area contributed by atoms with Crippen molar-refractivity contribution in [2.45, 2.75) is 44.2 Å². The zero-order chi connectivity index (χ0) is 12.5. The minimum absolute atomic E-state index is 0.438. The van der Waals surface area contributed by atoms with Gasteiger partial charge in [-0.2, -0.15) is 0 Å². The molecule has 3 heteroatoms. The van der Waals surface area contributed by atoms with Crippen molar-refractivity contribution in [2.24, 2.45) is 5.73 Å². The van der Waals surface area contributed by atoms with E-state index in [9.17, 15) is 0 Å². The number of nitrogens with two attached hydrogens (primary N) is 1. The standard InChI is InChI=1S/C15H21BrN2/c16-13-3-1-12-10-15(4-2-11(12)9-13)18-7-5-14(17)6-8-18/h1,3,9,14-15H,2,4-8,10,17H2. The fourth-order valence-corrected chi connectivity index (χ4v) is 3.71. The molecule has 1 aliphatic carbocycles. The predicted molar refractivity (Wildman–Crippen MR) is 78.7 cm³/mol. The highest BCUT2D eigenvalue weighted by molar-refractivity contribution is 9.10. The number of aryl methyl sites for hydroxylation is 1. The Hall–Kier alpha value is -0.380. The molecule has 0 bridgehead atoms. The SMILES string of the molecule is NC1CCN(C2CCc3cc(Br)ccc3C2)CC1. The molecule has 1 heterocycles. The summed E-state index contributed by atoms with van der Waals surface area (Å²) in [6.07, 6.45) is 6.09. The van der Waals surface area contributed by atoms with E-state index in [0.29, 0.717) is 6.04 Å². The van der Waals surface area contributed by atoms with Crippen LogP contribution in [0.15, 0.2) is 22.7 Å². The summed E-state index contributed by atoms with van der Waals surface area (Å²) >= 11 is 3.56. The average Bonchev–Trinajstić information content (AvgIpc) is 2.39. The summed E-state index contributed by atoms with van der Waals surface area (Å²) in [5.74, 6) is 0. The molecule has 1 aromatic carbocycles. The first-order chi connectivity index (χ1) is 8.72. The lowest BCUT2D eigenvalue weighted by atomic mass is 9.86. The molecule has 0 amide bonds. The third-order valence-electron chi connectivity index (χ3n) is 4.46. The summed E-state index contributed by atoms with van der Waals surface area (Å²) in [4.78, 5) is 2.66. The Bertz CT molecular complexity index is 425. The fraction of sp³-hybridized carbons (Fsp3) is 0.600. The second-order valence-electron chi connectivity index (χ2n) is 5.68. The summed E-state index contributed by atoms with van der Waals surface area (Å²) < 4.78 is 1.21. The lowest BCUT2D eigenvalue weighted by molar-refractivity contribution is 0.141. The monoisotopic (exact) mass is 308 g/mol. The molecule has 0 saturated carbocycles. The Morgan fingerprint density at radius 2 is 1.89 bits per heavy atom. The van der Waals surface area contributed by atoms with E-state index in [2.05, 4.69) is 39.0 Å². The minimum atomic E-state index is 0.438. The third-order valence-corrected chi connectivity index (χ3v) is 4.95. The number of piperidine rings is 1. The van der Waals surface area contributed by atoms with Gasteiger partial charge in [0.05, 0.1) is 0 Å². The average molecular weight is 309 g/mol. The largest absolute Gasteiger partial charge is 0.328 e. The van der Waals surface area contributed by atoms with Crippen LogP contribution in [-0.2, 0) is 12.8 Å². The zero-order valence-electron chi connectivity index (χ0n) is 10.7. The molecule has 1 fully saturated rings. The second-order valence-corrected chi connectivity index (χ2v) is 6.60. The highest BCUT2D eigenvalue weighted by atomic mass is 79.9. The second kappa shape index (κ2) is 5.32. The topological polar surface area (TPSA) is 29.3 Å². The molecule has 1 saturated heterocycles. The first kappa shape index (κ1) is 12.6. The zero-order valence-corrected chi connectivity index (χ0v) is 12.3. The minimum Gasteiger partial charge on any atom is -0.328 e. The van der Waals surface area contributed by atoms with Crippen molar-refractivity contribution in [3.63, 3.8) is 0 Å². The Morgan fingerprint density at radius 3 is 2.67 bits per heavy atom. The van der Waals surface area contributed by atoms with Crippen molar-refractivity contribution in [2.75, 3.05) is 13.1 Å². The molecular formula is C15H21BrN2. The van der Waals surface area contributed by atoms with Gasteiger partial charge in [-0.1, -0.05) is 22.0 Å². The van der Waals surface area contributed by atoms with Crippen LogP contribution in [0, 0.1) is 0 Å². The van der Waals surface area contributed by atoms with E-state index < -0.39 is 0 Å². The number of hydrogen-bond acceptors (Lipinski definition) is 2. The van der Waals surface area contributed by atoms with Crippen molar-refractivity contribution in [3.05, 3.63) is 33.8 Å². The van der Waals surface area contributed by atoms with Crippen LogP contribution in [0.2, 0.25) is 0 Å². The summed E-state index contributed by atoms with van der Waals surface area (Å²) in [6.45, 7) is 2.38. The van der Waals surface area contributed by atoms with Crippen LogP contribution in [0.3, 0.4) is 0 Å². The van der Waals surface area contributed by atoms with Crippen LogP contribution >= 0.6 is 15.9 Å². The Balaban J connectivity index is 1.69. The molecule has 1 aromatic rings. The van der Waals surface area contributed by atoms with Gasteiger partial charge in [0.1, 0.15) is 0 Å². The maximum absolute atomic E-state index is 5.99. The van der Waals surface area contributed by atoms with E-state index in [0.717, 1.165) is 6.04 Å². The number of nitrogens with zero attached hydrogens (tertiary/aromatic N) is 1. The molecule has 1 unspecified atom stereocenters. The molecular weight excluding hydrogens is 288 g/mol. The molecule has 98 valence electrons. The van der Waals surface area contributed by atoms with E-state index in [1.807, 2.05) is 0 Å². The number of hydrogen-bond donors (Lipinski definition) is 1. The van der Waals surface area contributed by atoms with Gasteiger partial charge in [-0.05, 0) is 68.5 Å². The number of fused-ring (bicyclic) bond motifs is 1. The van der Waals surface area contributed by atoms with E-state index in [4.69, 9.17) is 5.73 Å². The number of benzene rings is 1. The molecule has 2 nitrogen and oxygen atoms in total. The smallest absolute Gasteiger partial charge is 0.0178 e. The van der Waals surface area contributed by atoms with E-state index in [1.165, 1.54) is 55.2 Å². The van der Waals surface area contributed by atoms with Crippen LogP contribution in [0.4, 0.5) is 0 Å². The predicted octanol–water partition coefficient (Wildman–Crippen LogP) is 2.73. The van der Waals surface area contributed by atoms with Gasteiger partial charge in [0.2, 0.25) is 0 Å². The molecule has 0 radical (unpaired) electrons. The summed E-state index contributed by atoms with van der Waals surface area (Å²) in [5, 5.41) is 0.